The predicted octanol–water partition coefficient (Wildman–Crippen LogP) is 2.26. The summed E-state index contributed by atoms with van der Waals surface area (Å²) in [6.45, 7) is 4.69. The summed E-state index contributed by atoms with van der Waals surface area (Å²) >= 11 is 0. The molecule has 1 fully saturated rings. The minimum atomic E-state index is -3.38. The highest BCUT2D eigenvalue weighted by molar-refractivity contribution is 7.89. The average molecular weight is 359 g/mol. The Morgan fingerprint density at radius 1 is 0.920 bits per heavy atom. The van der Waals surface area contributed by atoms with Gasteiger partial charge in [0.15, 0.2) is 0 Å². The summed E-state index contributed by atoms with van der Waals surface area (Å²) < 4.78 is 25.8. The molecule has 1 saturated heterocycles. The third-order valence-electron chi connectivity index (χ3n) is 4.58. The van der Waals surface area contributed by atoms with E-state index in [1.165, 1.54) is 9.99 Å². The van der Waals surface area contributed by atoms with Crippen LogP contribution < -0.4 is 4.90 Å². The molecule has 5 nitrogen and oxygen atoms in total. The minimum absolute atomic E-state index is 0.359. The van der Waals surface area contributed by atoms with Gasteiger partial charge in [-0.2, -0.15) is 0 Å². The Balaban J connectivity index is 1.63. The zero-order valence-electron chi connectivity index (χ0n) is 14.8. The molecule has 1 aliphatic rings. The van der Waals surface area contributed by atoms with Gasteiger partial charge in [0.25, 0.3) is 0 Å². The van der Waals surface area contributed by atoms with E-state index in [1.807, 2.05) is 18.2 Å². The molecule has 1 aliphatic heterocycles. The Kier molecular flexibility index (Phi) is 5.42. The average Bonchev–Trinajstić information content (AvgIpc) is 2.63. The van der Waals surface area contributed by atoms with Crippen molar-refractivity contribution in [2.75, 3.05) is 45.2 Å². The van der Waals surface area contributed by atoms with Gasteiger partial charge in [0.05, 0.1) is 4.90 Å². The summed E-state index contributed by atoms with van der Waals surface area (Å²) in [6.07, 6.45) is 0. The van der Waals surface area contributed by atoms with Crippen molar-refractivity contribution in [3.05, 3.63) is 60.2 Å². The maximum Gasteiger partial charge on any atom is 0.242 e. The van der Waals surface area contributed by atoms with Crippen molar-refractivity contribution in [2.24, 2.45) is 0 Å². The van der Waals surface area contributed by atoms with Crippen molar-refractivity contribution in [1.82, 2.24) is 9.21 Å². The highest BCUT2D eigenvalue weighted by atomic mass is 32.2. The van der Waals surface area contributed by atoms with E-state index in [1.54, 1.807) is 26.2 Å². The monoisotopic (exact) mass is 359 g/mol. The first-order valence-electron chi connectivity index (χ1n) is 8.50. The maximum atomic E-state index is 12.3. The van der Waals surface area contributed by atoms with Crippen LogP contribution in [-0.2, 0) is 16.6 Å². The van der Waals surface area contributed by atoms with Crippen molar-refractivity contribution < 1.29 is 8.42 Å². The fourth-order valence-electron chi connectivity index (χ4n) is 3.08. The molecule has 0 spiro atoms. The normalized spacial score (nSPS) is 16.4. The molecule has 6 heteroatoms. The van der Waals surface area contributed by atoms with Crippen LogP contribution in [-0.4, -0.2) is 57.9 Å². The molecule has 1 heterocycles. The van der Waals surface area contributed by atoms with Gasteiger partial charge in [0, 0.05) is 52.5 Å². The van der Waals surface area contributed by atoms with E-state index in [-0.39, 0.29) is 0 Å². The van der Waals surface area contributed by atoms with Crippen LogP contribution >= 0.6 is 0 Å². The Labute approximate surface area is 150 Å². The predicted molar refractivity (Wildman–Crippen MR) is 101 cm³/mol. The highest BCUT2D eigenvalue weighted by Crippen LogP contribution is 2.19. The van der Waals surface area contributed by atoms with E-state index in [4.69, 9.17) is 0 Å². The second kappa shape index (κ2) is 7.56. The smallest absolute Gasteiger partial charge is 0.242 e. The molecular weight excluding hydrogens is 334 g/mol. The molecule has 0 saturated carbocycles. The van der Waals surface area contributed by atoms with Crippen LogP contribution in [0.3, 0.4) is 0 Å². The van der Waals surface area contributed by atoms with Crippen molar-refractivity contribution in [3.8, 4) is 0 Å². The lowest BCUT2D eigenvalue weighted by atomic mass is 10.2. The summed E-state index contributed by atoms with van der Waals surface area (Å²) in [4.78, 5) is 5.13. The van der Waals surface area contributed by atoms with E-state index in [0.29, 0.717) is 4.90 Å². The zero-order chi connectivity index (χ0) is 17.9. The van der Waals surface area contributed by atoms with Crippen molar-refractivity contribution >= 4 is 15.7 Å². The van der Waals surface area contributed by atoms with Crippen molar-refractivity contribution in [3.63, 3.8) is 0 Å². The largest absolute Gasteiger partial charge is 0.369 e. The highest BCUT2D eigenvalue weighted by Gasteiger charge is 2.20. The first-order valence-corrected chi connectivity index (χ1v) is 9.94. The molecule has 25 heavy (non-hydrogen) atoms. The van der Waals surface area contributed by atoms with E-state index in [9.17, 15) is 8.42 Å². The third-order valence-corrected chi connectivity index (χ3v) is 6.39. The van der Waals surface area contributed by atoms with E-state index < -0.39 is 10.0 Å². The molecule has 0 N–H and O–H groups in total. The quantitative estimate of drug-likeness (QED) is 0.821. The molecule has 0 radical (unpaired) electrons. The maximum absolute atomic E-state index is 12.3. The van der Waals surface area contributed by atoms with Crippen molar-refractivity contribution in [1.29, 1.82) is 0 Å². The standard InChI is InChI=1S/C19H25N3O2S/c1-20(2)25(23,24)19-10-6-7-17(15-19)16-21-11-13-22(14-12-21)18-8-4-3-5-9-18/h3-10,15H,11-14,16H2,1-2H3. The number of rotatable bonds is 5. The number of para-hydroxylation sites is 1. The molecular formula is C19H25N3O2S. The number of piperazine rings is 1. The van der Waals surface area contributed by atoms with Crippen LogP contribution in [0.25, 0.3) is 0 Å². The number of hydrogen-bond donors (Lipinski definition) is 0. The SMILES string of the molecule is CN(C)S(=O)(=O)c1cccc(CN2CCN(c3ccccc3)CC2)c1. The minimum Gasteiger partial charge on any atom is -0.369 e. The van der Waals surface area contributed by atoms with Gasteiger partial charge in [-0.05, 0) is 29.8 Å². The van der Waals surface area contributed by atoms with Gasteiger partial charge in [0.1, 0.15) is 0 Å². The first-order chi connectivity index (χ1) is 12.0. The topological polar surface area (TPSA) is 43.9 Å². The summed E-state index contributed by atoms with van der Waals surface area (Å²) in [7, 11) is -0.258. The fraction of sp³-hybridized carbons (Fsp3) is 0.368. The zero-order valence-corrected chi connectivity index (χ0v) is 15.6. The van der Waals surface area contributed by atoms with Gasteiger partial charge in [-0.1, -0.05) is 30.3 Å². The van der Waals surface area contributed by atoms with Crippen LogP contribution in [0.4, 0.5) is 5.69 Å². The van der Waals surface area contributed by atoms with Crippen LogP contribution in [0.15, 0.2) is 59.5 Å². The van der Waals surface area contributed by atoms with Crippen LogP contribution in [0.1, 0.15) is 5.56 Å². The van der Waals surface area contributed by atoms with Gasteiger partial charge in [-0.25, -0.2) is 12.7 Å². The van der Waals surface area contributed by atoms with E-state index in [2.05, 4.69) is 34.1 Å². The molecule has 2 aromatic rings. The third kappa shape index (κ3) is 4.21. The number of nitrogens with zero attached hydrogens (tertiary/aromatic N) is 3. The lowest BCUT2D eigenvalue weighted by Crippen LogP contribution is -2.45. The molecule has 2 aromatic carbocycles. The molecule has 0 unspecified atom stereocenters. The van der Waals surface area contributed by atoms with Crippen LogP contribution in [0.2, 0.25) is 0 Å². The molecule has 134 valence electrons. The van der Waals surface area contributed by atoms with E-state index in [0.717, 1.165) is 38.3 Å². The van der Waals surface area contributed by atoms with Crippen LogP contribution in [0.5, 0.6) is 0 Å². The molecule has 0 atom stereocenters. The van der Waals surface area contributed by atoms with Gasteiger partial charge >= 0.3 is 0 Å². The molecule has 3 rings (SSSR count). The second-order valence-electron chi connectivity index (χ2n) is 6.53. The van der Waals surface area contributed by atoms with Gasteiger partial charge < -0.3 is 4.90 Å². The lowest BCUT2D eigenvalue weighted by molar-refractivity contribution is 0.249. The Morgan fingerprint density at radius 3 is 2.24 bits per heavy atom. The van der Waals surface area contributed by atoms with Crippen LogP contribution in [0, 0.1) is 0 Å². The Morgan fingerprint density at radius 2 is 1.60 bits per heavy atom. The Hall–Kier alpha value is -1.89. The molecule has 0 amide bonds. The number of anilines is 1. The summed E-state index contributed by atoms with van der Waals surface area (Å²) in [6, 6.07) is 17.7. The number of hydrogen-bond acceptors (Lipinski definition) is 4. The van der Waals surface area contributed by atoms with Crippen molar-refractivity contribution in [2.45, 2.75) is 11.4 Å². The second-order valence-corrected chi connectivity index (χ2v) is 8.69. The van der Waals surface area contributed by atoms with E-state index >= 15 is 0 Å². The van der Waals surface area contributed by atoms with Gasteiger partial charge in [0.2, 0.25) is 10.0 Å². The molecule has 0 bridgehead atoms. The number of sulfonamides is 1. The summed E-state index contributed by atoms with van der Waals surface area (Å²) in [5.41, 5.74) is 2.30. The Bertz CT molecular complexity index is 798. The molecule has 0 aromatic heterocycles. The fourth-order valence-corrected chi connectivity index (χ4v) is 4.05. The molecule has 0 aliphatic carbocycles. The number of benzene rings is 2. The van der Waals surface area contributed by atoms with Gasteiger partial charge in [-0.15, -0.1) is 0 Å². The summed E-state index contributed by atoms with van der Waals surface area (Å²) in [5.74, 6) is 0. The summed E-state index contributed by atoms with van der Waals surface area (Å²) in [5, 5.41) is 0. The lowest BCUT2D eigenvalue weighted by Gasteiger charge is -2.36. The van der Waals surface area contributed by atoms with Gasteiger partial charge in [-0.3, -0.25) is 4.90 Å². The first kappa shape index (κ1) is 17.9.